The molecule has 6 nitrogen and oxygen atoms in total. The molecule has 0 aliphatic carbocycles. The highest BCUT2D eigenvalue weighted by Gasteiger charge is 2.14. The molecular weight excluding hydrogens is 408 g/mol. The lowest BCUT2D eigenvalue weighted by Gasteiger charge is -2.09. The second-order valence-corrected chi connectivity index (χ2v) is 8.41. The van der Waals surface area contributed by atoms with Gasteiger partial charge in [0.2, 0.25) is 0 Å². The fraction of sp³-hybridized carbons (Fsp3) is 0.769. The van der Waals surface area contributed by atoms with Gasteiger partial charge in [-0.15, -0.1) is 0 Å². The minimum atomic E-state index is -1.10. The van der Waals surface area contributed by atoms with Crippen LogP contribution in [0.15, 0.2) is 24.8 Å². The Labute approximate surface area is 195 Å². The van der Waals surface area contributed by atoms with Crippen molar-refractivity contribution >= 4 is 11.9 Å². The van der Waals surface area contributed by atoms with Crippen LogP contribution in [-0.2, 0) is 9.59 Å². The molecule has 0 saturated carbocycles. The fourth-order valence-corrected chi connectivity index (χ4v) is 3.42. The summed E-state index contributed by atoms with van der Waals surface area (Å²) in [5, 5.41) is 34.7. The van der Waals surface area contributed by atoms with Crippen LogP contribution >= 0.6 is 0 Å². The average molecular weight is 457 g/mol. The number of aliphatic hydroxyl groups excluding tert-OH is 2. The van der Waals surface area contributed by atoms with Crippen LogP contribution in [0.25, 0.3) is 0 Å². The lowest BCUT2D eigenvalue weighted by Crippen LogP contribution is -2.16. The molecule has 0 aromatic rings. The number of rotatable bonds is 22. The molecule has 1 atom stereocenters. The summed E-state index contributed by atoms with van der Waals surface area (Å²) in [6.45, 7) is 6.70. The first-order valence-electron chi connectivity index (χ1n) is 12.4. The maximum atomic E-state index is 10.7. The predicted molar refractivity (Wildman–Crippen MR) is 131 cm³/mol. The summed E-state index contributed by atoms with van der Waals surface area (Å²) >= 11 is 0. The molecule has 0 aromatic carbocycles. The Morgan fingerprint density at radius 3 is 1.19 bits per heavy atom. The molecule has 32 heavy (non-hydrogen) atoms. The number of carbonyl (C=O) groups is 2. The van der Waals surface area contributed by atoms with Crippen molar-refractivity contribution in [1.29, 1.82) is 0 Å². The molecule has 0 rings (SSSR count). The van der Waals surface area contributed by atoms with E-state index in [1.165, 1.54) is 89.9 Å². The van der Waals surface area contributed by atoms with Gasteiger partial charge in [0.05, 0.1) is 11.7 Å². The van der Waals surface area contributed by atoms with E-state index >= 15 is 0 Å². The zero-order valence-corrected chi connectivity index (χ0v) is 20.1. The van der Waals surface area contributed by atoms with Gasteiger partial charge in [0.25, 0.3) is 0 Å². The summed E-state index contributed by atoms with van der Waals surface area (Å²) < 4.78 is 0. The van der Waals surface area contributed by atoms with E-state index in [9.17, 15) is 14.7 Å². The number of aliphatic hydroxyl groups is 2. The minimum absolute atomic E-state index is 0.0898. The van der Waals surface area contributed by atoms with Gasteiger partial charge in [0.15, 0.2) is 0 Å². The molecule has 0 fully saturated rings. The fourth-order valence-electron chi connectivity index (χ4n) is 3.42. The van der Waals surface area contributed by atoms with Crippen molar-refractivity contribution in [1.82, 2.24) is 0 Å². The van der Waals surface area contributed by atoms with Crippen molar-refractivity contribution in [2.45, 2.75) is 122 Å². The van der Waals surface area contributed by atoms with Gasteiger partial charge < -0.3 is 20.4 Å². The number of hydrogen-bond donors (Lipinski definition) is 4. The van der Waals surface area contributed by atoms with E-state index in [4.69, 9.17) is 15.3 Å². The monoisotopic (exact) mass is 456 g/mol. The van der Waals surface area contributed by atoms with E-state index < -0.39 is 18.0 Å². The van der Waals surface area contributed by atoms with Gasteiger partial charge in [-0.3, -0.25) is 0 Å². The van der Waals surface area contributed by atoms with Crippen LogP contribution in [0.1, 0.15) is 116 Å². The third-order valence-corrected chi connectivity index (χ3v) is 5.49. The Kier molecular flexibility index (Phi) is 26.0. The van der Waals surface area contributed by atoms with E-state index in [0.717, 1.165) is 25.3 Å². The maximum Gasteiger partial charge on any atom is 0.333 e. The summed E-state index contributed by atoms with van der Waals surface area (Å²) in [5.74, 6) is -2.08. The number of hydrogen-bond acceptors (Lipinski definition) is 4. The summed E-state index contributed by atoms with van der Waals surface area (Å²) in [4.78, 5) is 19.9. The Morgan fingerprint density at radius 1 is 0.656 bits per heavy atom. The number of carboxylic acids is 2. The zero-order chi connectivity index (χ0) is 24.5. The van der Waals surface area contributed by atoms with Crippen molar-refractivity contribution < 1.29 is 30.0 Å². The molecule has 188 valence electrons. The zero-order valence-electron chi connectivity index (χ0n) is 20.1. The quantitative estimate of drug-likeness (QED) is 0.113. The van der Waals surface area contributed by atoms with E-state index in [1.807, 2.05) is 0 Å². The molecule has 0 heterocycles. The molecule has 0 saturated heterocycles. The van der Waals surface area contributed by atoms with Crippen LogP contribution < -0.4 is 0 Å². The predicted octanol–water partition coefficient (Wildman–Crippen LogP) is 6.26. The average Bonchev–Trinajstić information content (AvgIpc) is 2.77. The summed E-state index contributed by atoms with van der Waals surface area (Å²) in [6, 6.07) is 0. The summed E-state index contributed by atoms with van der Waals surface area (Å²) in [5.41, 5.74) is -0.0898. The Hall–Kier alpha value is -1.66. The second kappa shape index (κ2) is 25.6. The van der Waals surface area contributed by atoms with E-state index in [1.54, 1.807) is 0 Å². The Morgan fingerprint density at radius 2 is 0.938 bits per heavy atom. The molecule has 0 amide bonds. The topological polar surface area (TPSA) is 115 Å². The van der Waals surface area contributed by atoms with Gasteiger partial charge >= 0.3 is 11.9 Å². The standard InChI is InChI=1S/C23H44O4.C3H4O2/c1-21(23(26)27)22(25)19-17-15-13-11-9-7-5-3-2-4-6-8-10-12-14-16-18-20-24;1-2-3(4)5/h22,24-25H,1-20H2,(H,26,27);2H,1H2,(H,4,5). The molecule has 0 spiro atoms. The highest BCUT2D eigenvalue weighted by atomic mass is 16.4. The van der Waals surface area contributed by atoms with Crippen LogP contribution in [-0.4, -0.2) is 45.1 Å². The summed E-state index contributed by atoms with van der Waals surface area (Å²) in [6.07, 6.45) is 21.7. The molecule has 6 heteroatoms. The molecule has 0 radical (unpaired) electrons. The van der Waals surface area contributed by atoms with Crippen molar-refractivity contribution in [3.63, 3.8) is 0 Å². The van der Waals surface area contributed by atoms with Gasteiger partial charge in [-0.05, 0) is 12.8 Å². The molecule has 0 aliphatic rings. The normalized spacial score (nSPS) is 11.3. The number of unbranched alkanes of at least 4 members (excludes halogenated alkanes) is 16. The lowest BCUT2D eigenvalue weighted by molar-refractivity contribution is -0.134. The van der Waals surface area contributed by atoms with Crippen molar-refractivity contribution in [2.24, 2.45) is 0 Å². The van der Waals surface area contributed by atoms with Gasteiger partial charge in [-0.1, -0.05) is 116 Å². The van der Waals surface area contributed by atoms with Crippen LogP contribution in [0.4, 0.5) is 0 Å². The third kappa shape index (κ3) is 26.4. The van der Waals surface area contributed by atoms with Crippen molar-refractivity contribution in [3.8, 4) is 0 Å². The van der Waals surface area contributed by atoms with Gasteiger partial charge in [0.1, 0.15) is 0 Å². The molecule has 0 aliphatic heterocycles. The van der Waals surface area contributed by atoms with Gasteiger partial charge in [0, 0.05) is 12.7 Å². The summed E-state index contributed by atoms with van der Waals surface area (Å²) in [7, 11) is 0. The highest BCUT2D eigenvalue weighted by molar-refractivity contribution is 5.86. The van der Waals surface area contributed by atoms with Crippen molar-refractivity contribution in [2.75, 3.05) is 6.61 Å². The third-order valence-electron chi connectivity index (χ3n) is 5.49. The second-order valence-electron chi connectivity index (χ2n) is 8.41. The van der Waals surface area contributed by atoms with Gasteiger partial charge in [-0.2, -0.15) is 0 Å². The van der Waals surface area contributed by atoms with E-state index in [2.05, 4.69) is 13.2 Å². The first-order valence-corrected chi connectivity index (χ1v) is 12.4. The molecule has 0 bridgehead atoms. The Balaban J connectivity index is 0. The number of aliphatic carboxylic acids is 2. The van der Waals surface area contributed by atoms with Crippen LogP contribution in [0, 0.1) is 0 Å². The van der Waals surface area contributed by atoms with Gasteiger partial charge in [-0.25, -0.2) is 9.59 Å². The smallest absolute Gasteiger partial charge is 0.333 e. The Bertz CT molecular complexity index is 475. The highest BCUT2D eigenvalue weighted by Crippen LogP contribution is 2.15. The molecule has 4 N–H and O–H groups in total. The minimum Gasteiger partial charge on any atom is -0.478 e. The van der Waals surface area contributed by atoms with Crippen LogP contribution in [0.3, 0.4) is 0 Å². The van der Waals surface area contributed by atoms with Crippen LogP contribution in [0.2, 0.25) is 0 Å². The van der Waals surface area contributed by atoms with Crippen molar-refractivity contribution in [3.05, 3.63) is 24.8 Å². The first-order chi connectivity index (χ1) is 15.4. The molecular formula is C26H48O6. The first kappa shape index (κ1) is 32.5. The lowest BCUT2D eigenvalue weighted by atomic mass is 10.0. The largest absolute Gasteiger partial charge is 0.478 e. The van der Waals surface area contributed by atoms with Crippen LogP contribution in [0.5, 0.6) is 0 Å². The SMILES string of the molecule is C=C(C(=O)O)C(O)CCCCCCCCCCCCCCCCCCCO.C=CC(=O)O. The van der Waals surface area contributed by atoms with E-state index in [0.29, 0.717) is 13.0 Å². The molecule has 0 aromatic heterocycles. The number of carboxylic acid groups (broad SMARTS) is 2. The maximum absolute atomic E-state index is 10.7. The molecule has 1 unspecified atom stereocenters. The van der Waals surface area contributed by atoms with E-state index in [-0.39, 0.29) is 5.57 Å².